The highest BCUT2D eigenvalue weighted by Crippen LogP contribution is 2.26. The number of aryl methyl sites for hydroxylation is 1. The number of carbonyl (C=O) groups excluding carboxylic acids is 1. The van der Waals surface area contributed by atoms with E-state index in [-0.39, 0.29) is 11.8 Å². The number of carbonyl (C=O) groups is 1. The third-order valence-corrected chi connectivity index (χ3v) is 5.38. The molecule has 1 aliphatic rings. The average molecular weight is 374 g/mol. The van der Waals surface area contributed by atoms with E-state index in [0.29, 0.717) is 13.0 Å². The van der Waals surface area contributed by atoms with Crippen molar-refractivity contribution in [3.63, 3.8) is 0 Å². The van der Waals surface area contributed by atoms with Crippen LogP contribution in [0.2, 0.25) is 0 Å². The Labute approximate surface area is 166 Å². The van der Waals surface area contributed by atoms with E-state index in [1.165, 1.54) is 5.56 Å². The SMILES string of the molecule is Cc1cccc(CC(=O)N2CCC[C@@H](c3nccn3Cc3ccccn3)C2)c1. The van der Waals surface area contributed by atoms with Gasteiger partial charge in [0, 0.05) is 37.6 Å². The second kappa shape index (κ2) is 8.38. The number of nitrogens with zero attached hydrogens (tertiary/aromatic N) is 4. The van der Waals surface area contributed by atoms with Crippen LogP contribution < -0.4 is 0 Å². The summed E-state index contributed by atoms with van der Waals surface area (Å²) in [5.41, 5.74) is 3.30. The van der Waals surface area contributed by atoms with E-state index >= 15 is 0 Å². The van der Waals surface area contributed by atoms with Crippen LogP contribution in [0.1, 0.15) is 41.4 Å². The predicted molar refractivity (Wildman–Crippen MR) is 109 cm³/mol. The molecule has 3 heterocycles. The molecule has 3 aromatic rings. The van der Waals surface area contributed by atoms with Crippen molar-refractivity contribution in [1.82, 2.24) is 19.4 Å². The number of hydrogen-bond donors (Lipinski definition) is 0. The fourth-order valence-electron chi connectivity index (χ4n) is 4.00. The number of imidazole rings is 1. The smallest absolute Gasteiger partial charge is 0.227 e. The van der Waals surface area contributed by atoms with Crippen LogP contribution in [-0.2, 0) is 17.8 Å². The van der Waals surface area contributed by atoms with Crippen molar-refractivity contribution in [2.75, 3.05) is 13.1 Å². The van der Waals surface area contributed by atoms with Gasteiger partial charge < -0.3 is 9.47 Å². The number of rotatable bonds is 5. The predicted octanol–water partition coefficient (Wildman–Crippen LogP) is 3.58. The Bertz CT molecular complexity index is 935. The van der Waals surface area contributed by atoms with E-state index in [2.05, 4.69) is 33.6 Å². The van der Waals surface area contributed by atoms with Crippen molar-refractivity contribution in [2.45, 2.75) is 38.6 Å². The summed E-state index contributed by atoms with van der Waals surface area (Å²) in [6.45, 7) is 4.35. The van der Waals surface area contributed by atoms with E-state index < -0.39 is 0 Å². The van der Waals surface area contributed by atoms with Gasteiger partial charge >= 0.3 is 0 Å². The molecule has 144 valence electrons. The molecular formula is C23H26N4O. The average Bonchev–Trinajstić information content (AvgIpc) is 3.17. The summed E-state index contributed by atoms with van der Waals surface area (Å²) >= 11 is 0. The Hall–Kier alpha value is -2.95. The monoisotopic (exact) mass is 374 g/mol. The summed E-state index contributed by atoms with van der Waals surface area (Å²) in [5, 5.41) is 0. The first-order chi connectivity index (χ1) is 13.7. The Morgan fingerprint density at radius 3 is 2.89 bits per heavy atom. The zero-order valence-corrected chi connectivity index (χ0v) is 16.3. The van der Waals surface area contributed by atoms with Crippen LogP contribution in [0.4, 0.5) is 0 Å². The lowest BCUT2D eigenvalue weighted by Crippen LogP contribution is -2.40. The van der Waals surface area contributed by atoms with Crippen LogP contribution in [0.5, 0.6) is 0 Å². The minimum absolute atomic E-state index is 0.207. The largest absolute Gasteiger partial charge is 0.342 e. The Kier molecular flexibility index (Phi) is 5.51. The quantitative estimate of drug-likeness (QED) is 0.686. The van der Waals surface area contributed by atoms with Gasteiger partial charge in [-0.25, -0.2) is 4.98 Å². The molecule has 0 radical (unpaired) electrons. The number of pyridine rings is 1. The van der Waals surface area contributed by atoms with Gasteiger partial charge in [0.1, 0.15) is 5.82 Å². The molecule has 28 heavy (non-hydrogen) atoms. The van der Waals surface area contributed by atoms with E-state index in [0.717, 1.165) is 43.0 Å². The summed E-state index contributed by atoms with van der Waals surface area (Å²) in [6.07, 6.45) is 8.23. The van der Waals surface area contributed by atoms with Crippen LogP contribution in [0.3, 0.4) is 0 Å². The van der Waals surface area contributed by atoms with Gasteiger partial charge in [0.25, 0.3) is 0 Å². The van der Waals surface area contributed by atoms with E-state index in [4.69, 9.17) is 0 Å². The third-order valence-electron chi connectivity index (χ3n) is 5.38. The maximum atomic E-state index is 12.9. The molecule has 4 rings (SSSR count). The molecule has 0 saturated carbocycles. The van der Waals surface area contributed by atoms with Crippen LogP contribution >= 0.6 is 0 Å². The molecule has 1 amide bonds. The Morgan fingerprint density at radius 2 is 2.07 bits per heavy atom. The minimum atomic E-state index is 0.207. The summed E-state index contributed by atoms with van der Waals surface area (Å²) in [4.78, 5) is 23.9. The van der Waals surface area contributed by atoms with Crippen molar-refractivity contribution < 1.29 is 4.79 Å². The highest BCUT2D eigenvalue weighted by molar-refractivity contribution is 5.79. The van der Waals surface area contributed by atoms with Crippen LogP contribution in [0.15, 0.2) is 61.1 Å². The summed E-state index contributed by atoms with van der Waals surface area (Å²) in [5.74, 6) is 1.53. The molecule has 0 N–H and O–H groups in total. The molecule has 0 aliphatic carbocycles. The molecule has 0 spiro atoms. The van der Waals surface area contributed by atoms with Gasteiger partial charge in [-0.2, -0.15) is 0 Å². The Balaban J connectivity index is 1.44. The van der Waals surface area contributed by atoms with Gasteiger partial charge in [-0.05, 0) is 37.5 Å². The molecular weight excluding hydrogens is 348 g/mol. The minimum Gasteiger partial charge on any atom is -0.342 e. The second-order valence-electron chi connectivity index (χ2n) is 7.58. The fraction of sp³-hybridized carbons (Fsp3) is 0.348. The van der Waals surface area contributed by atoms with Crippen LogP contribution in [-0.4, -0.2) is 38.4 Å². The van der Waals surface area contributed by atoms with Gasteiger partial charge in [0.15, 0.2) is 0 Å². The molecule has 2 aromatic heterocycles. The van der Waals surface area contributed by atoms with E-state index in [1.807, 2.05) is 53.8 Å². The lowest BCUT2D eigenvalue weighted by atomic mass is 9.96. The second-order valence-corrected chi connectivity index (χ2v) is 7.58. The number of amides is 1. The summed E-state index contributed by atoms with van der Waals surface area (Å²) < 4.78 is 2.17. The molecule has 5 heteroatoms. The summed E-state index contributed by atoms with van der Waals surface area (Å²) in [7, 11) is 0. The Morgan fingerprint density at radius 1 is 1.14 bits per heavy atom. The standard InChI is InChI=1S/C23H26N4O/c1-18-6-4-7-19(14-18)15-22(28)26-12-5-8-20(16-26)23-25-11-13-27(23)17-21-9-2-3-10-24-21/h2-4,6-7,9-11,13-14,20H,5,8,12,15-17H2,1H3/t20-/m1/s1. The van der Waals surface area contributed by atoms with Crippen molar-refractivity contribution in [3.8, 4) is 0 Å². The maximum Gasteiger partial charge on any atom is 0.227 e. The highest BCUT2D eigenvalue weighted by Gasteiger charge is 2.27. The van der Waals surface area contributed by atoms with E-state index in [9.17, 15) is 4.79 Å². The van der Waals surface area contributed by atoms with Gasteiger partial charge in [0.2, 0.25) is 5.91 Å². The van der Waals surface area contributed by atoms with Gasteiger partial charge in [-0.15, -0.1) is 0 Å². The van der Waals surface area contributed by atoms with Gasteiger partial charge in [-0.3, -0.25) is 9.78 Å². The molecule has 1 aromatic carbocycles. The molecule has 1 fully saturated rings. The number of likely N-dealkylation sites (tertiary alicyclic amines) is 1. The zero-order valence-electron chi connectivity index (χ0n) is 16.3. The topological polar surface area (TPSA) is 51.0 Å². The maximum absolute atomic E-state index is 12.9. The lowest BCUT2D eigenvalue weighted by Gasteiger charge is -2.33. The third kappa shape index (κ3) is 4.30. The van der Waals surface area contributed by atoms with Crippen LogP contribution in [0.25, 0.3) is 0 Å². The molecule has 1 saturated heterocycles. The van der Waals surface area contributed by atoms with Crippen molar-refractivity contribution in [3.05, 3.63) is 83.7 Å². The first-order valence-corrected chi connectivity index (χ1v) is 9.93. The zero-order chi connectivity index (χ0) is 19.3. The normalized spacial score (nSPS) is 16.9. The molecule has 0 unspecified atom stereocenters. The highest BCUT2D eigenvalue weighted by atomic mass is 16.2. The molecule has 5 nitrogen and oxygen atoms in total. The summed E-state index contributed by atoms with van der Waals surface area (Å²) in [6, 6.07) is 14.2. The van der Waals surface area contributed by atoms with Gasteiger partial charge in [0.05, 0.1) is 18.7 Å². The number of benzene rings is 1. The number of piperidine rings is 1. The first kappa shape index (κ1) is 18.4. The lowest BCUT2D eigenvalue weighted by molar-refractivity contribution is -0.131. The van der Waals surface area contributed by atoms with Crippen molar-refractivity contribution >= 4 is 5.91 Å². The van der Waals surface area contributed by atoms with Crippen molar-refractivity contribution in [1.29, 1.82) is 0 Å². The van der Waals surface area contributed by atoms with Crippen molar-refractivity contribution in [2.24, 2.45) is 0 Å². The van der Waals surface area contributed by atoms with E-state index in [1.54, 1.807) is 0 Å². The number of aromatic nitrogens is 3. The molecule has 1 atom stereocenters. The molecule has 1 aliphatic heterocycles. The first-order valence-electron chi connectivity index (χ1n) is 9.93. The van der Waals surface area contributed by atoms with Gasteiger partial charge in [-0.1, -0.05) is 35.9 Å². The van der Waals surface area contributed by atoms with Crippen LogP contribution in [0, 0.1) is 6.92 Å². The fourth-order valence-corrected chi connectivity index (χ4v) is 4.00. The molecule has 0 bridgehead atoms. The number of hydrogen-bond acceptors (Lipinski definition) is 3.